The fourth-order valence-corrected chi connectivity index (χ4v) is 7.10. The van der Waals surface area contributed by atoms with Crippen molar-refractivity contribution in [2.45, 2.75) is 52.2 Å². The predicted molar refractivity (Wildman–Crippen MR) is 184 cm³/mol. The Balaban J connectivity index is 1.29. The van der Waals surface area contributed by atoms with Gasteiger partial charge < -0.3 is 24.2 Å². The minimum atomic E-state index is -0.119. The van der Waals surface area contributed by atoms with Gasteiger partial charge in [0, 0.05) is 47.8 Å². The molecular formula is C40H39N3O4. The molecule has 238 valence electrons. The third-order valence-corrected chi connectivity index (χ3v) is 9.69. The smallest absolute Gasteiger partial charge is 0.260 e. The molecule has 7 rings (SSSR count). The van der Waals surface area contributed by atoms with E-state index in [0.717, 1.165) is 66.1 Å². The Labute approximate surface area is 275 Å². The summed E-state index contributed by atoms with van der Waals surface area (Å²) in [5.74, 6) is 0.795. The molecule has 0 saturated heterocycles. The van der Waals surface area contributed by atoms with Crippen LogP contribution in [0.2, 0.25) is 0 Å². The first-order chi connectivity index (χ1) is 22.9. The second-order valence-corrected chi connectivity index (χ2v) is 12.4. The summed E-state index contributed by atoms with van der Waals surface area (Å²) >= 11 is 0. The van der Waals surface area contributed by atoms with E-state index in [1.54, 1.807) is 36.3 Å². The SMILES string of the molecule is COc1cccc(CN(C(=O)c2cc(-c3ccccc3C(=O)N3CCc4ccccc4C3)n3c2CCCC3)c2ccc(O)cc2)c1C. The van der Waals surface area contributed by atoms with Crippen molar-refractivity contribution in [1.82, 2.24) is 9.47 Å². The van der Waals surface area contributed by atoms with Crippen LogP contribution in [0, 0.1) is 6.92 Å². The molecule has 47 heavy (non-hydrogen) atoms. The Kier molecular flexibility index (Phi) is 8.29. The highest BCUT2D eigenvalue weighted by molar-refractivity contribution is 6.08. The summed E-state index contributed by atoms with van der Waals surface area (Å²) in [5.41, 5.74) is 9.16. The van der Waals surface area contributed by atoms with Gasteiger partial charge in [0.25, 0.3) is 11.8 Å². The highest BCUT2D eigenvalue weighted by Crippen LogP contribution is 2.36. The summed E-state index contributed by atoms with van der Waals surface area (Å²) < 4.78 is 7.83. The van der Waals surface area contributed by atoms with Crippen molar-refractivity contribution >= 4 is 17.5 Å². The second kappa shape index (κ2) is 12.8. The fourth-order valence-electron chi connectivity index (χ4n) is 7.10. The Hall–Kier alpha value is -5.30. The van der Waals surface area contributed by atoms with E-state index in [4.69, 9.17) is 4.74 Å². The van der Waals surface area contributed by atoms with Crippen molar-refractivity contribution in [2.75, 3.05) is 18.6 Å². The van der Waals surface area contributed by atoms with Gasteiger partial charge in [0.2, 0.25) is 0 Å². The number of carbonyl (C=O) groups is 2. The van der Waals surface area contributed by atoms with E-state index in [1.807, 2.05) is 66.4 Å². The van der Waals surface area contributed by atoms with Crippen LogP contribution in [-0.2, 0) is 32.5 Å². The molecule has 2 aliphatic heterocycles. The number of aromatic hydroxyl groups is 1. The molecule has 5 aromatic rings. The highest BCUT2D eigenvalue weighted by Gasteiger charge is 2.30. The van der Waals surface area contributed by atoms with Crippen molar-refractivity contribution < 1.29 is 19.4 Å². The van der Waals surface area contributed by atoms with Crippen LogP contribution < -0.4 is 9.64 Å². The van der Waals surface area contributed by atoms with E-state index in [1.165, 1.54) is 11.1 Å². The lowest BCUT2D eigenvalue weighted by atomic mass is 9.97. The Morgan fingerprint density at radius 2 is 1.60 bits per heavy atom. The molecule has 2 aliphatic rings. The average Bonchev–Trinajstić information content (AvgIpc) is 3.50. The molecule has 0 bridgehead atoms. The van der Waals surface area contributed by atoms with E-state index in [-0.39, 0.29) is 17.6 Å². The summed E-state index contributed by atoms with van der Waals surface area (Å²) in [4.78, 5) is 32.6. The molecule has 7 nitrogen and oxygen atoms in total. The van der Waals surface area contributed by atoms with Gasteiger partial charge in [0.15, 0.2) is 0 Å². The summed E-state index contributed by atoms with van der Waals surface area (Å²) in [7, 11) is 1.65. The number of methoxy groups -OCH3 is 1. The van der Waals surface area contributed by atoms with Crippen LogP contribution in [0.1, 0.15) is 61.5 Å². The van der Waals surface area contributed by atoms with E-state index in [2.05, 4.69) is 22.8 Å². The molecule has 0 unspecified atom stereocenters. The van der Waals surface area contributed by atoms with Crippen LogP contribution in [0.3, 0.4) is 0 Å². The Morgan fingerprint density at radius 3 is 2.40 bits per heavy atom. The number of hydrogen-bond donors (Lipinski definition) is 1. The molecular weight excluding hydrogens is 586 g/mol. The van der Waals surface area contributed by atoms with Gasteiger partial charge >= 0.3 is 0 Å². The van der Waals surface area contributed by atoms with Gasteiger partial charge in [-0.05, 0) is 97.3 Å². The highest BCUT2D eigenvalue weighted by atomic mass is 16.5. The first kappa shape index (κ1) is 30.4. The molecule has 0 atom stereocenters. The lowest BCUT2D eigenvalue weighted by Gasteiger charge is -2.29. The van der Waals surface area contributed by atoms with Crippen LogP contribution in [-0.4, -0.2) is 40.0 Å². The number of rotatable bonds is 7. The largest absolute Gasteiger partial charge is 0.508 e. The quantitative estimate of drug-likeness (QED) is 0.203. The Bertz CT molecular complexity index is 1960. The van der Waals surface area contributed by atoms with Gasteiger partial charge in [0.05, 0.1) is 19.2 Å². The Morgan fingerprint density at radius 1 is 0.830 bits per heavy atom. The van der Waals surface area contributed by atoms with Crippen molar-refractivity contribution in [2.24, 2.45) is 0 Å². The first-order valence-electron chi connectivity index (χ1n) is 16.3. The molecule has 3 heterocycles. The van der Waals surface area contributed by atoms with E-state index < -0.39 is 0 Å². The first-order valence-corrected chi connectivity index (χ1v) is 16.3. The maximum absolute atomic E-state index is 14.7. The molecule has 0 radical (unpaired) electrons. The number of benzene rings is 4. The van der Waals surface area contributed by atoms with Gasteiger partial charge in [-0.3, -0.25) is 9.59 Å². The fraction of sp³-hybridized carbons (Fsp3) is 0.250. The molecule has 0 aliphatic carbocycles. The number of hydrogen-bond acceptors (Lipinski definition) is 4. The number of carbonyl (C=O) groups excluding carboxylic acids is 2. The summed E-state index contributed by atoms with van der Waals surface area (Å²) in [6.45, 7) is 4.38. The molecule has 7 heteroatoms. The number of aromatic nitrogens is 1. The third kappa shape index (κ3) is 5.78. The number of ether oxygens (including phenoxy) is 1. The van der Waals surface area contributed by atoms with Crippen LogP contribution in [0.4, 0.5) is 5.69 Å². The number of amides is 2. The van der Waals surface area contributed by atoms with Gasteiger partial charge in [-0.1, -0.05) is 54.6 Å². The minimum absolute atomic E-state index is 0.00792. The number of nitrogens with zero attached hydrogens (tertiary/aromatic N) is 3. The zero-order valence-electron chi connectivity index (χ0n) is 26.9. The van der Waals surface area contributed by atoms with Crippen molar-refractivity contribution in [3.8, 4) is 22.8 Å². The van der Waals surface area contributed by atoms with Crippen LogP contribution >= 0.6 is 0 Å². The minimum Gasteiger partial charge on any atom is -0.508 e. The molecule has 1 N–H and O–H groups in total. The number of phenols is 1. The zero-order valence-corrected chi connectivity index (χ0v) is 26.9. The van der Waals surface area contributed by atoms with Crippen molar-refractivity contribution in [3.63, 3.8) is 0 Å². The topological polar surface area (TPSA) is 75.0 Å². The summed E-state index contributed by atoms with van der Waals surface area (Å²) in [6, 6.07) is 30.8. The lowest BCUT2D eigenvalue weighted by Crippen LogP contribution is -2.36. The van der Waals surface area contributed by atoms with E-state index in [0.29, 0.717) is 36.4 Å². The summed E-state index contributed by atoms with van der Waals surface area (Å²) in [6.07, 6.45) is 3.61. The zero-order chi connectivity index (χ0) is 32.5. The third-order valence-electron chi connectivity index (χ3n) is 9.69. The summed E-state index contributed by atoms with van der Waals surface area (Å²) in [5, 5.41) is 10.0. The average molecular weight is 626 g/mol. The molecule has 1 aromatic heterocycles. The van der Waals surface area contributed by atoms with E-state index >= 15 is 0 Å². The molecule has 2 amide bonds. The predicted octanol–water partition coefficient (Wildman–Crippen LogP) is 7.56. The van der Waals surface area contributed by atoms with Crippen LogP contribution in [0.25, 0.3) is 11.3 Å². The lowest BCUT2D eigenvalue weighted by molar-refractivity contribution is 0.0735. The van der Waals surface area contributed by atoms with Gasteiger partial charge in [-0.15, -0.1) is 0 Å². The normalized spacial score (nSPS) is 13.9. The molecule has 4 aromatic carbocycles. The standard InChI is InChI=1S/C40H39N3O4/c1-27-29(12-9-16-38(27)47-2)26-43(31-17-19-32(44)20-18-31)40(46)35-24-37(42-22-8-7-15-36(35)42)33-13-5-6-14-34(33)39(45)41-23-21-28-10-3-4-11-30(28)25-41/h3-6,9-14,16-20,24,44H,7-8,15,21-23,25-26H2,1-2H3. The van der Waals surface area contributed by atoms with Gasteiger partial charge in [-0.2, -0.15) is 0 Å². The maximum Gasteiger partial charge on any atom is 0.260 e. The van der Waals surface area contributed by atoms with Crippen molar-refractivity contribution in [1.29, 1.82) is 0 Å². The number of phenolic OH excluding ortho intramolecular Hbond substituents is 1. The van der Waals surface area contributed by atoms with Crippen LogP contribution in [0.5, 0.6) is 11.5 Å². The van der Waals surface area contributed by atoms with Crippen molar-refractivity contribution in [3.05, 3.63) is 136 Å². The number of fused-ring (bicyclic) bond motifs is 2. The molecule has 0 fully saturated rings. The second-order valence-electron chi connectivity index (χ2n) is 12.4. The molecule has 0 saturated carbocycles. The van der Waals surface area contributed by atoms with E-state index in [9.17, 15) is 14.7 Å². The van der Waals surface area contributed by atoms with Crippen LogP contribution in [0.15, 0.2) is 97.1 Å². The molecule has 0 spiro atoms. The maximum atomic E-state index is 14.7. The van der Waals surface area contributed by atoms with Gasteiger partial charge in [0.1, 0.15) is 11.5 Å². The monoisotopic (exact) mass is 625 g/mol. The van der Waals surface area contributed by atoms with Gasteiger partial charge in [-0.25, -0.2) is 0 Å². The number of anilines is 1.